The van der Waals surface area contributed by atoms with Gasteiger partial charge in [0.05, 0.1) is 0 Å². The zero-order chi connectivity index (χ0) is 15.7. The van der Waals surface area contributed by atoms with Crippen molar-refractivity contribution in [3.63, 3.8) is 0 Å². The van der Waals surface area contributed by atoms with E-state index in [0.29, 0.717) is 0 Å². The number of nitrogens with one attached hydrogen (secondary N) is 1. The first-order valence-electron chi connectivity index (χ1n) is 7.43. The molecule has 0 radical (unpaired) electrons. The standard InChI is InChI=1S/C16H19N3O2S/c1-10-6-11(2)8-12(7-10)18-14(20)9-13-15(21)19-5-3-4-17-16(19)22-13/h6-8,13H,3-5,9H2,1-2H3,(H,18,20). The highest BCUT2D eigenvalue weighted by atomic mass is 32.2. The molecule has 1 saturated heterocycles. The van der Waals surface area contributed by atoms with Gasteiger partial charge < -0.3 is 5.32 Å². The molecule has 0 bridgehead atoms. The van der Waals surface area contributed by atoms with Gasteiger partial charge in [0, 0.05) is 25.2 Å². The average Bonchev–Trinajstić information content (AvgIpc) is 2.74. The van der Waals surface area contributed by atoms with Crippen molar-refractivity contribution in [1.82, 2.24) is 4.90 Å². The van der Waals surface area contributed by atoms with E-state index in [9.17, 15) is 9.59 Å². The van der Waals surface area contributed by atoms with Crippen molar-refractivity contribution in [2.75, 3.05) is 18.4 Å². The Bertz CT molecular complexity index is 637. The number of rotatable bonds is 3. The minimum Gasteiger partial charge on any atom is -0.326 e. The molecule has 116 valence electrons. The van der Waals surface area contributed by atoms with Crippen LogP contribution in [0.4, 0.5) is 5.69 Å². The van der Waals surface area contributed by atoms with Crippen LogP contribution in [0.3, 0.4) is 0 Å². The lowest BCUT2D eigenvalue weighted by atomic mass is 10.1. The van der Waals surface area contributed by atoms with Crippen LogP contribution in [0.2, 0.25) is 0 Å². The highest BCUT2D eigenvalue weighted by Crippen LogP contribution is 2.31. The van der Waals surface area contributed by atoms with Crippen LogP contribution in [-0.4, -0.2) is 40.2 Å². The third-order valence-electron chi connectivity index (χ3n) is 3.68. The van der Waals surface area contributed by atoms with Gasteiger partial charge in [-0.1, -0.05) is 17.8 Å². The summed E-state index contributed by atoms with van der Waals surface area (Å²) < 4.78 is 0. The van der Waals surface area contributed by atoms with Gasteiger partial charge in [0.15, 0.2) is 5.17 Å². The van der Waals surface area contributed by atoms with Crippen LogP contribution in [0.5, 0.6) is 0 Å². The fourth-order valence-corrected chi connectivity index (χ4v) is 3.99. The average molecular weight is 317 g/mol. The number of amides is 2. The Hall–Kier alpha value is -1.82. The Labute approximate surface area is 134 Å². The third-order valence-corrected chi connectivity index (χ3v) is 4.90. The summed E-state index contributed by atoms with van der Waals surface area (Å²) >= 11 is 1.41. The first-order valence-corrected chi connectivity index (χ1v) is 8.31. The summed E-state index contributed by atoms with van der Waals surface area (Å²) in [6.45, 7) is 5.48. The molecule has 1 aromatic rings. The number of carbonyl (C=O) groups is 2. The van der Waals surface area contributed by atoms with Crippen LogP contribution in [0, 0.1) is 13.8 Å². The smallest absolute Gasteiger partial charge is 0.242 e. The predicted molar refractivity (Wildman–Crippen MR) is 89.2 cm³/mol. The van der Waals surface area contributed by atoms with E-state index >= 15 is 0 Å². The molecule has 0 aliphatic carbocycles. The van der Waals surface area contributed by atoms with Gasteiger partial charge in [-0.3, -0.25) is 19.5 Å². The number of anilines is 1. The number of thioether (sulfide) groups is 1. The molecule has 0 aromatic heterocycles. The molecule has 5 nitrogen and oxygen atoms in total. The Morgan fingerprint density at radius 2 is 2.09 bits per heavy atom. The molecule has 0 saturated carbocycles. The van der Waals surface area contributed by atoms with Gasteiger partial charge in [-0.25, -0.2) is 0 Å². The number of hydrogen-bond donors (Lipinski definition) is 1. The van der Waals surface area contributed by atoms with Crippen molar-refractivity contribution in [3.8, 4) is 0 Å². The van der Waals surface area contributed by atoms with E-state index in [1.54, 1.807) is 4.90 Å². The maximum atomic E-state index is 12.3. The zero-order valence-electron chi connectivity index (χ0n) is 12.8. The lowest BCUT2D eigenvalue weighted by Crippen LogP contribution is -2.36. The van der Waals surface area contributed by atoms with E-state index in [1.165, 1.54) is 11.8 Å². The van der Waals surface area contributed by atoms with E-state index in [-0.39, 0.29) is 23.5 Å². The number of aliphatic imine (C=N–C) groups is 1. The molecule has 2 aliphatic heterocycles. The molecule has 1 aromatic carbocycles. The Morgan fingerprint density at radius 3 is 2.77 bits per heavy atom. The summed E-state index contributed by atoms with van der Waals surface area (Å²) in [5.74, 6) is -0.115. The van der Waals surface area contributed by atoms with E-state index in [0.717, 1.165) is 41.5 Å². The maximum Gasteiger partial charge on any atom is 0.242 e. The fourth-order valence-electron chi connectivity index (χ4n) is 2.80. The summed E-state index contributed by atoms with van der Waals surface area (Å²) in [5.41, 5.74) is 2.99. The molecule has 22 heavy (non-hydrogen) atoms. The lowest BCUT2D eigenvalue weighted by Gasteiger charge is -2.19. The minimum absolute atomic E-state index is 0.0130. The van der Waals surface area contributed by atoms with Gasteiger partial charge >= 0.3 is 0 Å². The second-order valence-electron chi connectivity index (χ2n) is 5.74. The summed E-state index contributed by atoms with van der Waals surface area (Å²) in [7, 11) is 0. The molecule has 3 rings (SSSR count). The number of benzene rings is 1. The lowest BCUT2D eigenvalue weighted by molar-refractivity contribution is -0.128. The van der Waals surface area contributed by atoms with Crippen molar-refractivity contribution in [1.29, 1.82) is 0 Å². The third kappa shape index (κ3) is 3.16. The second kappa shape index (κ2) is 6.12. The van der Waals surface area contributed by atoms with Crippen molar-refractivity contribution < 1.29 is 9.59 Å². The number of carbonyl (C=O) groups excluding carboxylic acids is 2. The van der Waals surface area contributed by atoms with Crippen LogP contribution < -0.4 is 5.32 Å². The van der Waals surface area contributed by atoms with Crippen LogP contribution in [0.15, 0.2) is 23.2 Å². The van der Waals surface area contributed by atoms with E-state index < -0.39 is 0 Å². The van der Waals surface area contributed by atoms with Crippen LogP contribution >= 0.6 is 11.8 Å². The summed E-state index contributed by atoms with van der Waals surface area (Å²) in [4.78, 5) is 30.6. The van der Waals surface area contributed by atoms with Gasteiger partial charge in [-0.05, 0) is 43.5 Å². The quantitative estimate of drug-likeness (QED) is 0.931. The number of amidine groups is 1. The SMILES string of the molecule is Cc1cc(C)cc(NC(=O)CC2SC3=NCCCN3C2=O)c1. The molecular weight excluding hydrogens is 298 g/mol. The van der Waals surface area contributed by atoms with E-state index in [4.69, 9.17) is 0 Å². The monoisotopic (exact) mass is 317 g/mol. The topological polar surface area (TPSA) is 61.8 Å². The van der Waals surface area contributed by atoms with Gasteiger partial charge in [-0.15, -0.1) is 0 Å². The van der Waals surface area contributed by atoms with Crippen molar-refractivity contribution in [3.05, 3.63) is 29.3 Å². The van der Waals surface area contributed by atoms with Crippen LogP contribution in [-0.2, 0) is 9.59 Å². The maximum absolute atomic E-state index is 12.3. The number of aryl methyl sites for hydroxylation is 2. The van der Waals surface area contributed by atoms with Crippen molar-refractivity contribution >= 4 is 34.4 Å². The molecule has 1 N–H and O–H groups in total. The molecule has 2 amide bonds. The van der Waals surface area contributed by atoms with Crippen LogP contribution in [0.25, 0.3) is 0 Å². The summed E-state index contributed by atoms with van der Waals surface area (Å²) in [6, 6.07) is 5.92. The van der Waals surface area contributed by atoms with Crippen molar-refractivity contribution in [2.24, 2.45) is 4.99 Å². The summed E-state index contributed by atoms with van der Waals surface area (Å²) in [5, 5.41) is 3.32. The minimum atomic E-state index is -0.345. The van der Waals surface area contributed by atoms with Crippen molar-refractivity contribution in [2.45, 2.75) is 31.9 Å². The molecule has 2 aliphatic rings. The first kappa shape index (κ1) is 15.1. The van der Waals surface area contributed by atoms with E-state index in [1.807, 2.05) is 26.0 Å². The molecule has 1 unspecified atom stereocenters. The Balaban J connectivity index is 1.64. The number of fused-ring (bicyclic) bond motifs is 1. The number of hydrogen-bond acceptors (Lipinski definition) is 4. The van der Waals surface area contributed by atoms with Gasteiger partial charge in [-0.2, -0.15) is 0 Å². The highest BCUT2D eigenvalue weighted by molar-refractivity contribution is 8.15. The zero-order valence-corrected chi connectivity index (χ0v) is 13.6. The van der Waals surface area contributed by atoms with Crippen LogP contribution in [0.1, 0.15) is 24.0 Å². The normalized spacial score (nSPS) is 20.6. The largest absolute Gasteiger partial charge is 0.326 e. The summed E-state index contributed by atoms with van der Waals surface area (Å²) in [6.07, 6.45) is 1.09. The van der Waals surface area contributed by atoms with Gasteiger partial charge in [0.1, 0.15) is 5.25 Å². The fraction of sp³-hybridized carbons (Fsp3) is 0.438. The number of nitrogens with zero attached hydrogens (tertiary/aromatic N) is 2. The second-order valence-corrected chi connectivity index (χ2v) is 6.91. The Kier molecular flexibility index (Phi) is 4.20. The predicted octanol–water partition coefficient (Wildman–Crippen LogP) is 2.34. The molecule has 1 atom stereocenters. The Morgan fingerprint density at radius 1 is 1.36 bits per heavy atom. The first-order chi connectivity index (χ1) is 10.5. The van der Waals surface area contributed by atoms with E-state index in [2.05, 4.69) is 16.4 Å². The molecule has 1 fully saturated rings. The molecular formula is C16H19N3O2S. The van der Waals surface area contributed by atoms with Gasteiger partial charge in [0.25, 0.3) is 0 Å². The highest BCUT2D eigenvalue weighted by Gasteiger charge is 2.39. The molecule has 6 heteroatoms. The molecule has 2 heterocycles. The molecule has 0 spiro atoms. The van der Waals surface area contributed by atoms with Gasteiger partial charge in [0.2, 0.25) is 11.8 Å².